The summed E-state index contributed by atoms with van der Waals surface area (Å²) in [5.41, 5.74) is 1.34. The number of nitrogens with zero attached hydrogens (tertiary/aromatic N) is 2. The lowest BCUT2D eigenvalue weighted by molar-refractivity contribution is -0.639. The lowest BCUT2D eigenvalue weighted by Gasteiger charge is -2.04. The number of thioether (sulfide) groups is 1. The van der Waals surface area contributed by atoms with Crippen LogP contribution in [0.3, 0.4) is 0 Å². The van der Waals surface area contributed by atoms with Gasteiger partial charge < -0.3 is 5.21 Å². The molecular weight excluding hydrogens is 232 g/mol. The number of hydrogen-bond acceptors (Lipinski definition) is 3. The Morgan fingerprint density at radius 1 is 1.12 bits per heavy atom. The Hall–Kier alpha value is -1.81. The van der Waals surface area contributed by atoms with Crippen LogP contribution in [-0.2, 0) is 0 Å². The average Bonchev–Trinajstić information content (AvgIpc) is 2.38. The van der Waals surface area contributed by atoms with Gasteiger partial charge in [0.15, 0.2) is 0 Å². The third-order valence-corrected chi connectivity index (χ3v) is 3.53. The van der Waals surface area contributed by atoms with Gasteiger partial charge in [0.1, 0.15) is 5.52 Å². The Morgan fingerprint density at radius 3 is 2.76 bits per heavy atom. The van der Waals surface area contributed by atoms with Crippen LogP contribution in [0.15, 0.2) is 47.4 Å². The van der Waals surface area contributed by atoms with Crippen LogP contribution in [-0.4, -0.2) is 11.4 Å². The molecule has 0 aliphatic heterocycles. The molecular formula is C13H10N2OS. The summed E-state index contributed by atoms with van der Waals surface area (Å²) in [4.78, 5) is 1.84. The molecule has 0 amide bonds. The fourth-order valence-corrected chi connectivity index (χ4v) is 2.40. The quantitative estimate of drug-likeness (QED) is 0.285. The maximum atomic E-state index is 11.8. The summed E-state index contributed by atoms with van der Waals surface area (Å²) in [5.74, 6) is 0. The van der Waals surface area contributed by atoms with Gasteiger partial charge >= 0.3 is 0 Å². The van der Waals surface area contributed by atoms with Crippen molar-refractivity contribution in [3.8, 4) is 0 Å². The van der Waals surface area contributed by atoms with E-state index in [4.69, 9.17) is 0 Å². The zero-order valence-corrected chi connectivity index (χ0v) is 10.1. The van der Waals surface area contributed by atoms with Crippen molar-refractivity contribution in [2.75, 3.05) is 6.26 Å². The van der Waals surface area contributed by atoms with Crippen molar-refractivity contribution in [3.63, 3.8) is 0 Å². The highest BCUT2D eigenvalue weighted by atomic mass is 32.2. The van der Waals surface area contributed by atoms with Crippen LogP contribution in [0.2, 0.25) is 0 Å². The molecule has 0 saturated carbocycles. The van der Waals surface area contributed by atoms with Gasteiger partial charge in [-0.1, -0.05) is 18.2 Å². The van der Waals surface area contributed by atoms with E-state index in [1.165, 1.54) is 0 Å². The van der Waals surface area contributed by atoms with Crippen molar-refractivity contribution < 1.29 is 4.85 Å². The molecule has 17 heavy (non-hydrogen) atoms. The lowest BCUT2D eigenvalue weighted by Crippen LogP contribution is -2.31. The number of aromatic nitrogens is 2. The molecule has 0 radical (unpaired) electrons. The summed E-state index contributed by atoms with van der Waals surface area (Å²) in [6.07, 6.45) is 2.02. The molecule has 4 heteroatoms. The normalized spacial score (nSPS) is 11.1. The first kappa shape index (κ1) is 10.4. The molecule has 3 nitrogen and oxygen atoms in total. The molecule has 0 saturated heterocycles. The molecule has 1 aromatic heterocycles. The molecule has 0 atom stereocenters. The molecule has 1 heterocycles. The fourth-order valence-electron chi connectivity index (χ4n) is 1.96. The topological polar surface area (TPSA) is 39.8 Å². The zero-order valence-electron chi connectivity index (χ0n) is 9.25. The standard InChI is InChI=1S/C13H10N2OS/c1-17-9-6-7-13-11(8-9)10-4-2-3-5-12(10)14-15(13)16/h2-8H,1H3. The third-order valence-electron chi connectivity index (χ3n) is 2.80. The van der Waals surface area contributed by atoms with Crippen LogP contribution in [0.25, 0.3) is 21.8 Å². The van der Waals surface area contributed by atoms with E-state index in [0.29, 0.717) is 10.4 Å². The first-order valence-electron chi connectivity index (χ1n) is 5.26. The number of fused-ring (bicyclic) bond motifs is 3. The van der Waals surface area contributed by atoms with Crippen LogP contribution in [0.4, 0.5) is 0 Å². The number of benzene rings is 2. The van der Waals surface area contributed by atoms with E-state index in [1.807, 2.05) is 48.7 Å². The Kier molecular flexibility index (Phi) is 2.37. The van der Waals surface area contributed by atoms with Gasteiger partial charge in [0, 0.05) is 21.4 Å². The molecule has 3 aromatic rings. The molecule has 0 fully saturated rings. The highest BCUT2D eigenvalue weighted by Crippen LogP contribution is 2.25. The van der Waals surface area contributed by atoms with E-state index >= 15 is 0 Å². The van der Waals surface area contributed by atoms with Gasteiger partial charge in [-0.05, 0) is 29.3 Å². The Labute approximate surface area is 103 Å². The first-order chi connectivity index (χ1) is 8.29. The van der Waals surface area contributed by atoms with Crippen LogP contribution in [0, 0.1) is 5.21 Å². The van der Waals surface area contributed by atoms with Gasteiger partial charge in [-0.2, -0.15) is 0 Å². The van der Waals surface area contributed by atoms with Crippen molar-refractivity contribution in [2.45, 2.75) is 4.90 Å². The van der Waals surface area contributed by atoms with Gasteiger partial charge in [0.05, 0.1) is 5.39 Å². The molecule has 2 aromatic carbocycles. The van der Waals surface area contributed by atoms with Crippen LogP contribution in [0.5, 0.6) is 0 Å². The molecule has 0 unspecified atom stereocenters. The summed E-state index contributed by atoms with van der Waals surface area (Å²) < 4.78 is 0. The molecule has 84 valence electrons. The number of hydrogen-bond donors (Lipinski definition) is 0. The summed E-state index contributed by atoms with van der Waals surface area (Å²) in [5, 5.41) is 17.8. The van der Waals surface area contributed by atoms with Gasteiger partial charge in [0.2, 0.25) is 0 Å². The smallest absolute Gasteiger partial charge is 0.252 e. The van der Waals surface area contributed by atoms with Crippen LogP contribution >= 0.6 is 11.8 Å². The van der Waals surface area contributed by atoms with Gasteiger partial charge in [-0.25, -0.2) is 0 Å². The van der Waals surface area contributed by atoms with E-state index in [2.05, 4.69) is 5.10 Å². The van der Waals surface area contributed by atoms with Crippen molar-refractivity contribution in [3.05, 3.63) is 47.7 Å². The minimum absolute atomic E-state index is 0.613. The van der Waals surface area contributed by atoms with Gasteiger partial charge in [-0.3, -0.25) is 0 Å². The third kappa shape index (κ3) is 1.61. The molecule has 3 rings (SSSR count). The van der Waals surface area contributed by atoms with E-state index in [1.54, 1.807) is 11.8 Å². The van der Waals surface area contributed by atoms with Crippen molar-refractivity contribution in [1.29, 1.82) is 0 Å². The maximum absolute atomic E-state index is 11.8. The Morgan fingerprint density at radius 2 is 1.94 bits per heavy atom. The van der Waals surface area contributed by atoms with Crippen LogP contribution in [0.1, 0.15) is 0 Å². The summed E-state index contributed by atoms with van der Waals surface area (Å²) in [6.45, 7) is 0. The Bertz CT molecular complexity index is 712. The van der Waals surface area contributed by atoms with E-state index < -0.39 is 0 Å². The van der Waals surface area contributed by atoms with Crippen molar-refractivity contribution >= 4 is 33.6 Å². The lowest BCUT2D eigenvalue weighted by atomic mass is 10.1. The molecule has 0 aliphatic rings. The van der Waals surface area contributed by atoms with E-state index in [0.717, 1.165) is 21.2 Å². The predicted octanol–water partition coefficient (Wildman–Crippen LogP) is 2.74. The van der Waals surface area contributed by atoms with Crippen molar-refractivity contribution in [1.82, 2.24) is 5.10 Å². The summed E-state index contributed by atoms with van der Waals surface area (Å²) >= 11 is 1.67. The van der Waals surface area contributed by atoms with Crippen LogP contribution < -0.4 is 4.85 Å². The molecule has 0 aliphatic carbocycles. The van der Waals surface area contributed by atoms with Crippen molar-refractivity contribution in [2.24, 2.45) is 0 Å². The molecule has 0 spiro atoms. The fraction of sp³-hybridized carbons (Fsp3) is 0.0769. The summed E-state index contributed by atoms with van der Waals surface area (Å²) in [7, 11) is 0. The number of rotatable bonds is 1. The van der Waals surface area contributed by atoms with E-state index in [-0.39, 0.29) is 0 Å². The highest BCUT2D eigenvalue weighted by Gasteiger charge is 2.11. The molecule has 0 N–H and O–H groups in total. The zero-order chi connectivity index (χ0) is 11.8. The minimum atomic E-state index is 0.613. The highest BCUT2D eigenvalue weighted by molar-refractivity contribution is 7.98. The molecule has 0 bridgehead atoms. The minimum Gasteiger partial charge on any atom is -0.594 e. The van der Waals surface area contributed by atoms with E-state index in [9.17, 15) is 5.21 Å². The second-order valence-corrected chi connectivity index (χ2v) is 4.65. The SMILES string of the molecule is CSc1ccc2c(c1)c1ccccc1n[n+]2[O-]. The first-order valence-corrected chi connectivity index (χ1v) is 6.48. The summed E-state index contributed by atoms with van der Waals surface area (Å²) in [6, 6.07) is 13.5. The Balaban J connectivity index is 2.52. The predicted molar refractivity (Wildman–Crippen MR) is 70.0 cm³/mol. The second kappa shape index (κ2) is 3.89. The second-order valence-electron chi connectivity index (χ2n) is 3.77. The van der Waals surface area contributed by atoms with Gasteiger partial charge in [-0.15, -0.1) is 11.8 Å². The van der Waals surface area contributed by atoms with Gasteiger partial charge in [0.25, 0.3) is 5.52 Å². The average molecular weight is 242 g/mol. The monoisotopic (exact) mass is 242 g/mol. The maximum Gasteiger partial charge on any atom is 0.252 e. The largest absolute Gasteiger partial charge is 0.594 e.